The van der Waals surface area contributed by atoms with Crippen LogP contribution in [0.4, 0.5) is 0 Å². The number of benzene rings is 7. The molecule has 0 aliphatic heterocycles. The van der Waals surface area contributed by atoms with E-state index in [0.29, 0.717) is 0 Å². The third kappa shape index (κ3) is 4.49. The summed E-state index contributed by atoms with van der Waals surface area (Å²) in [6.07, 6.45) is 0. The Morgan fingerprint density at radius 1 is 0.400 bits per heavy atom. The van der Waals surface area contributed by atoms with Crippen molar-refractivity contribution in [2.24, 2.45) is 0 Å². The first-order valence-electron chi connectivity index (χ1n) is 15.4. The minimum atomic E-state index is -1.79. The monoisotopic (exact) mass is 595 g/mol. The van der Waals surface area contributed by atoms with Crippen molar-refractivity contribution >= 4 is 31.8 Å². The predicted octanol–water partition coefficient (Wildman–Crippen LogP) is 12.1. The number of nitrogens with zero attached hydrogens (tertiary/aromatic N) is 1. The first-order chi connectivity index (χ1) is 22.2. The van der Waals surface area contributed by atoms with Gasteiger partial charge in [0.05, 0.1) is 16.7 Å². The summed E-state index contributed by atoms with van der Waals surface area (Å²) in [7, 11) is -1.79. The number of para-hydroxylation sites is 2. The summed E-state index contributed by atoms with van der Waals surface area (Å²) in [6, 6.07) is 66.9. The van der Waals surface area contributed by atoms with Gasteiger partial charge in [0.15, 0.2) is 0 Å². The zero-order valence-corrected chi connectivity index (χ0v) is 26.0. The van der Waals surface area contributed by atoms with Crippen LogP contribution in [0.25, 0.3) is 38.6 Å². The lowest BCUT2D eigenvalue weighted by molar-refractivity contribution is 1.18. The molecule has 0 bridgehead atoms. The average Bonchev–Trinajstić information content (AvgIpc) is 3.44. The molecular weight excluding hydrogens is 563 g/mol. The second-order valence-electron chi connectivity index (χ2n) is 11.5. The molecule has 0 unspecified atom stereocenters. The van der Waals surface area contributed by atoms with Crippen molar-refractivity contribution < 1.29 is 0 Å². The maximum atomic E-state index is 2.48. The highest BCUT2D eigenvalue weighted by Crippen LogP contribution is 2.73. The second-order valence-corrected chi connectivity index (χ2v) is 14.6. The van der Waals surface area contributed by atoms with Gasteiger partial charge in [-0.25, -0.2) is 0 Å². The Hall–Kier alpha value is -5.31. The normalized spacial score (nSPS) is 12.0. The molecule has 0 saturated heterocycles. The van der Waals surface area contributed by atoms with Gasteiger partial charge in [-0.3, -0.25) is 0 Å². The quantitative estimate of drug-likeness (QED) is 0.180. The summed E-state index contributed by atoms with van der Waals surface area (Å²) < 4.78 is 2.46. The lowest BCUT2D eigenvalue weighted by atomic mass is 10.0. The van der Waals surface area contributed by atoms with Crippen molar-refractivity contribution in [2.75, 3.05) is 0 Å². The van der Waals surface area contributed by atoms with E-state index >= 15 is 0 Å². The van der Waals surface area contributed by atoms with Crippen molar-refractivity contribution in [3.05, 3.63) is 188 Å². The number of rotatable bonds is 6. The first kappa shape index (κ1) is 27.3. The fourth-order valence-corrected chi connectivity index (χ4v) is 10.7. The van der Waals surface area contributed by atoms with E-state index < -0.39 is 10.0 Å². The van der Waals surface area contributed by atoms with Crippen LogP contribution in [0.3, 0.4) is 0 Å². The van der Waals surface area contributed by atoms with Gasteiger partial charge in [-0.15, -0.1) is 10.0 Å². The molecule has 8 aromatic rings. The van der Waals surface area contributed by atoms with E-state index in [1.54, 1.807) is 0 Å². The van der Waals surface area contributed by atoms with Gasteiger partial charge in [0.25, 0.3) is 0 Å². The summed E-state index contributed by atoms with van der Waals surface area (Å²) in [5.41, 5.74) is 7.33. The average molecular weight is 596 g/mol. The standard InChI is InChI=1S/C43H33NS/c1-32-16-15-17-33(30-32)38-24-11-13-26-41(38)44-42-27-14-12-25-39(42)40-31-37(28-29-43(40)44)45(34-18-5-2-6-19-34,35-20-7-3-8-21-35)36-22-9-4-10-23-36/h2-31H,1H3. The van der Waals surface area contributed by atoms with Gasteiger partial charge < -0.3 is 4.57 Å². The molecule has 0 atom stereocenters. The van der Waals surface area contributed by atoms with Gasteiger partial charge in [-0.05, 0) is 79.2 Å². The summed E-state index contributed by atoms with van der Waals surface area (Å²) in [5.74, 6) is 0. The maximum Gasteiger partial charge on any atom is 0.0542 e. The van der Waals surface area contributed by atoms with Crippen LogP contribution in [-0.2, 0) is 0 Å². The van der Waals surface area contributed by atoms with Crippen molar-refractivity contribution in [2.45, 2.75) is 26.5 Å². The molecule has 0 aliphatic carbocycles. The fraction of sp³-hybridized carbons (Fsp3) is 0.0233. The highest BCUT2D eigenvalue weighted by Gasteiger charge is 2.33. The van der Waals surface area contributed by atoms with Gasteiger partial charge in [-0.1, -0.05) is 121 Å². The van der Waals surface area contributed by atoms with E-state index in [2.05, 4.69) is 193 Å². The van der Waals surface area contributed by atoms with Gasteiger partial charge in [-0.2, -0.15) is 0 Å². The van der Waals surface area contributed by atoms with E-state index in [9.17, 15) is 0 Å². The number of fused-ring (bicyclic) bond motifs is 3. The Morgan fingerprint density at radius 3 is 1.60 bits per heavy atom. The van der Waals surface area contributed by atoms with Crippen molar-refractivity contribution in [3.63, 3.8) is 0 Å². The second kappa shape index (κ2) is 11.3. The fourth-order valence-electron chi connectivity index (χ4n) is 6.82. The van der Waals surface area contributed by atoms with E-state index in [1.165, 1.54) is 63.8 Å². The lowest BCUT2D eigenvalue weighted by Gasteiger charge is -2.42. The summed E-state index contributed by atoms with van der Waals surface area (Å²) in [5, 5.41) is 2.53. The van der Waals surface area contributed by atoms with Crippen LogP contribution in [0.1, 0.15) is 5.56 Å². The van der Waals surface area contributed by atoms with Crippen molar-refractivity contribution in [1.82, 2.24) is 4.57 Å². The van der Waals surface area contributed by atoms with Crippen molar-refractivity contribution in [3.8, 4) is 16.8 Å². The molecule has 0 saturated carbocycles. The molecule has 0 amide bonds. The predicted molar refractivity (Wildman–Crippen MR) is 191 cm³/mol. The Balaban J connectivity index is 1.46. The Morgan fingerprint density at radius 2 is 0.956 bits per heavy atom. The summed E-state index contributed by atoms with van der Waals surface area (Å²) in [6.45, 7) is 2.16. The summed E-state index contributed by atoms with van der Waals surface area (Å²) >= 11 is 0. The van der Waals surface area contributed by atoms with E-state index in [-0.39, 0.29) is 0 Å². The number of aromatic nitrogens is 1. The van der Waals surface area contributed by atoms with Crippen LogP contribution in [-0.4, -0.2) is 4.57 Å². The highest BCUT2D eigenvalue weighted by molar-refractivity contribution is 8.34. The number of hydrogen-bond donors (Lipinski definition) is 0. The minimum Gasteiger partial charge on any atom is -0.309 e. The Kier molecular flexibility index (Phi) is 6.85. The molecule has 45 heavy (non-hydrogen) atoms. The SMILES string of the molecule is Cc1cccc(-c2ccccc2-n2c3ccccc3c3cc(S(c4ccccc4)(c4ccccc4)c4ccccc4)ccc32)c1. The highest BCUT2D eigenvalue weighted by atomic mass is 32.3. The zero-order valence-electron chi connectivity index (χ0n) is 25.2. The van der Waals surface area contributed by atoms with Gasteiger partial charge in [0, 0.05) is 35.9 Å². The molecule has 8 rings (SSSR count). The molecule has 1 nitrogen and oxygen atoms in total. The summed E-state index contributed by atoms with van der Waals surface area (Å²) in [4.78, 5) is 5.31. The van der Waals surface area contributed by atoms with Gasteiger partial charge in [0.2, 0.25) is 0 Å². The van der Waals surface area contributed by atoms with Crippen LogP contribution < -0.4 is 0 Å². The Labute approximate surface area is 266 Å². The van der Waals surface area contributed by atoms with E-state index in [4.69, 9.17) is 0 Å². The number of hydrogen-bond acceptors (Lipinski definition) is 0. The van der Waals surface area contributed by atoms with Gasteiger partial charge >= 0.3 is 0 Å². The van der Waals surface area contributed by atoms with Crippen LogP contribution >= 0.6 is 10.0 Å². The molecule has 0 spiro atoms. The van der Waals surface area contributed by atoms with E-state index in [0.717, 1.165) is 0 Å². The molecule has 1 heterocycles. The molecule has 0 N–H and O–H groups in total. The third-order valence-corrected chi connectivity index (χ3v) is 12.7. The largest absolute Gasteiger partial charge is 0.309 e. The molecule has 0 radical (unpaired) electrons. The van der Waals surface area contributed by atoms with Crippen LogP contribution in [0.2, 0.25) is 0 Å². The van der Waals surface area contributed by atoms with Crippen LogP contribution in [0.5, 0.6) is 0 Å². The zero-order chi connectivity index (χ0) is 30.2. The third-order valence-electron chi connectivity index (χ3n) is 8.76. The van der Waals surface area contributed by atoms with E-state index in [1.807, 2.05) is 0 Å². The molecular formula is C43H33NS. The smallest absolute Gasteiger partial charge is 0.0542 e. The molecule has 0 fully saturated rings. The maximum absolute atomic E-state index is 2.48. The van der Waals surface area contributed by atoms with Crippen LogP contribution in [0.15, 0.2) is 202 Å². The molecule has 2 heteroatoms. The molecule has 1 aromatic heterocycles. The van der Waals surface area contributed by atoms with Crippen molar-refractivity contribution in [1.29, 1.82) is 0 Å². The lowest BCUT2D eigenvalue weighted by Crippen LogP contribution is -2.05. The topological polar surface area (TPSA) is 4.93 Å². The molecule has 0 aliphatic rings. The molecule has 216 valence electrons. The minimum absolute atomic E-state index is 1.19. The van der Waals surface area contributed by atoms with Gasteiger partial charge in [0.1, 0.15) is 0 Å². The van der Waals surface area contributed by atoms with Crippen LogP contribution in [0, 0.1) is 6.92 Å². The molecule has 7 aromatic carbocycles. The Bertz CT molecular complexity index is 2170. The number of aryl methyl sites for hydroxylation is 1. The first-order valence-corrected chi connectivity index (χ1v) is 17.1.